The Balaban J connectivity index is 1.61. The van der Waals surface area contributed by atoms with Crippen molar-refractivity contribution in [2.24, 2.45) is 12.8 Å². The second kappa shape index (κ2) is 5.83. The van der Waals surface area contributed by atoms with E-state index in [1.165, 1.54) is 0 Å². The van der Waals surface area contributed by atoms with Crippen LogP contribution in [0.15, 0.2) is 30.6 Å². The molecular formula is C20H23N7O. The molecule has 8 heteroatoms. The van der Waals surface area contributed by atoms with Crippen LogP contribution in [0.4, 0.5) is 0 Å². The largest absolute Gasteiger partial charge is 0.388 e. The Morgan fingerprint density at radius 3 is 2.89 bits per heavy atom. The van der Waals surface area contributed by atoms with E-state index in [-0.39, 0.29) is 0 Å². The van der Waals surface area contributed by atoms with Crippen LogP contribution in [0.25, 0.3) is 33.2 Å². The number of benzene rings is 1. The average Bonchev–Trinajstić information content (AvgIpc) is 3.27. The minimum atomic E-state index is -1.02. The molecule has 0 amide bonds. The second-order valence-corrected chi connectivity index (χ2v) is 8.03. The van der Waals surface area contributed by atoms with Gasteiger partial charge in [0.25, 0.3) is 0 Å². The number of nitrogens with one attached hydrogen (secondary N) is 1. The summed E-state index contributed by atoms with van der Waals surface area (Å²) in [7, 11) is 1.88. The minimum Gasteiger partial charge on any atom is -0.388 e. The van der Waals surface area contributed by atoms with Gasteiger partial charge in [-0.15, -0.1) is 5.10 Å². The summed E-state index contributed by atoms with van der Waals surface area (Å²) in [4.78, 5) is 12.5. The maximum absolute atomic E-state index is 10.9. The molecule has 1 fully saturated rings. The number of aliphatic hydroxyl groups is 1. The van der Waals surface area contributed by atoms with Crippen molar-refractivity contribution in [3.05, 3.63) is 36.4 Å². The molecule has 8 nitrogen and oxygen atoms in total. The summed E-state index contributed by atoms with van der Waals surface area (Å²) in [6, 6.07) is 6.03. The van der Waals surface area contributed by atoms with Crippen LogP contribution < -0.4 is 5.73 Å². The van der Waals surface area contributed by atoms with Crippen molar-refractivity contribution in [2.75, 3.05) is 0 Å². The van der Waals surface area contributed by atoms with Crippen molar-refractivity contribution >= 4 is 22.1 Å². The predicted molar refractivity (Wildman–Crippen MR) is 106 cm³/mol. The normalized spacial score (nSPS) is 25.6. The SMILES string of the molecule is Cn1nnc2ccc(-c3c[nH]c4nc(C5(N)CCCCC5(C)O)ncc34)cc21. The van der Waals surface area contributed by atoms with Gasteiger partial charge in [0.15, 0.2) is 5.82 Å². The van der Waals surface area contributed by atoms with E-state index >= 15 is 0 Å². The molecule has 144 valence electrons. The number of hydrogen-bond acceptors (Lipinski definition) is 6. The summed E-state index contributed by atoms with van der Waals surface area (Å²) in [5.41, 5.74) is 9.24. The Labute approximate surface area is 161 Å². The summed E-state index contributed by atoms with van der Waals surface area (Å²) < 4.78 is 1.76. The van der Waals surface area contributed by atoms with E-state index in [4.69, 9.17) is 10.7 Å². The Kier molecular flexibility index (Phi) is 3.59. The molecule has 3 heterocycles. The lowest BCUT2D eigenvalue weighted by Crippen LogP contribution is -2.58. The zero-order valence-electron chi connectivity index (χ0n) is 16.0. The van der Waals surface area contributed by atoms with Crippen LogP contribution in [0.2, 0.25) is 0 Å². The van der Waals surface area contributed by atoms with Gasteiger partial charge in [-0.3, -0.25) is 0 Å². The average molecular weight is 377 g/mol. The van der Waals surface area contributed by atoms with Gasteiger partial charge in [-0.05, 0) is 37.5 Å². The van der Waals surface area contributed by atoms with E-state index in [1.54, 1.807) is 17.8 Å². The molecule has 0 saturated heterocycles. The molecule has 28 heavy (non-hydrogen) atoms. The number of hydrogen-bond donors (Lipinski definition) is 3. The Bertz CT molecular complexity index is 1190. The number of aryl methyl sites for hydroxylation is 1. The summed E-state index contributed by atoms with van der Waals surface area (Å²) >= 11 is 0. The van der Waals surface area contributed by atoms with Gasteiger partial charge in [0.1, 0.15) is 16.7 Å². The van der Waals surface area contributed by atoms with Crippen LogP contribution >= 0.6 is 0 Å². The lowest BCUT2D eigenvalue weighted by atomic mass is 9.70. The van der Waals surface area contributed by atoms with Gasteiger partial charge in [-0.25, -0.2) is 14.6 Å². The van der Waals surface area contributed by atoms with Gasteiger partial charge in [0, 0.05) is 30.4 Å². The number of fused-ring (bicyclic) bond motifs is 2. The molecule has 1 aliphatic carbocycles. The van der Waals surface area contributed by atoms with E-state index in [2.05, 4.69) is 26.3 Å². The second-order valence-electron chi connectivity index (χ2n) is 8.03. The highest BCUT2D eigenvalue weighted by molar-refractivity contribution is 5.95. The third-order valence-electron chi connectivity index (χ3n) is 6.20. The maximum Gasteiger partial charge on any atom is 0.153 e. The van der Waals surface area contributed by atoms with Gasteiger partial charge in [-0.2, -0.15) is 0 Å². The molecule has 3 aromatic heterocycles. The lowest BCUT2D eigenvalue weighted by Gasteiger charge is -2.44. The monoisotopic (exact) mass is 377 g/mol. The molecule has 0 radical (unpaired) electrons. The zero-order chi connectivity index (χ0) is 19.5. The molecule has 1 saturated carbocycles. The van der Waals surface area contributed by atoms with Crippen LogP contribution in [0.1, 0.15) is 38.4 Å². The number of nitrogens with two attached hydrogens (primary N) is 1. The highest BCUT2D eigenvalue weighted by Gasteiger charge is 2.49. The third-order valence-corrected chi connectivity index (χ3v) is 6.20. The zero-order valence-corrected chi connectivity index (χ0v) is 16.0. The van der Waals surface area contributed by atoms with Crippen molar-refractivity contribution in [3.63, 3.8) is 0 Å². The van der Waals surface area contributed by atoms with Crippen molar-refractivity contribution in [3.8, 4) is 11.1 Å². The Morgan fingerprint density at radius 2 is 2.07 bits per heavy atom. The quantitative estimate of drug-likeness (QED) is 0.493. The van der Waals surface area contributed by atoms with Gasteiger partial charge >= 0.3 is 0 Å². The first-order valence-electron chi connectivity index (χ1n) is 9.55. The molecule has 4 N–H and O–H groups in total. The molecule has 0 spiro atoms. The predicted octanol–water partition coefficient (Wildman–Crippen LogP) is 2.39. The lowest BCUT2D eigenvalue weighted by molar-refractivity contribution is -0.0567. The molecule has 4 aromatic rings. The minimum absolute atomic E-state index is 0.490. The summed E-state index contributed by atoms with van der Waals surface area (Å²) in [5, 5.41) is 20.0. The molecule has 1 aromatic carbocycles. The van der Waals surface area contributed by atoms with E-state index in [9.17, 15) is 5.11 Å². The summed E-state index contributed by atoms with van der Waals surface area (Å²) in [6.45, 7) is 1.79. The fraction of sp³-hybridized carbons (Fsp3) is 0.400. The molecule has 0 aliphatic heterocycles. The van der Waals surface area contributed by atoms with E-state index < -0.39 is 11.1 Å². The van der Waals surface area contributed by atoms with Crippen LogP contribution in [-0.2, 0) is 12.6 Å². The number of aromatic nitrogens is 6. The number of H-pyrrole nitrogens is 1. The van der Waals surface area contributed by atoms with Gasteiger partial charge in [-0.1, -0.05) is 24.1 Å². The first-order chi connectivity index (χ1) is 13.4. The summed E-state index contributed by atoms with van der Waals surface area (Å²) in [5.74, 6) is 0.490. The molecule has 0 bridgehead atoms. The fourth-order valence-electron chi connectivity index (χ4n) is 4.28. The van der Waals surface area contributed by atoms with Gasteiger partial charge in [0.05, 0.1) is 11.1 Å². The number of rotatable bonds is 2. The Hall–Kier alpha value is -2.84. The molecule has 5 rings (SSSR count). The van der Waals surface area contributed by atoms with Crippen LogP contribution in [0, 0.1) is 0 Å². The van der Waals surface area contributed by atoms with Crippen molar-refractivity contribution in [1.82, 2.24) is 29.9 Å². The van der Waals surface area contributed by atoms with Crippen LogP contribution in [-0.4, -0.2) is 40.7 Å². The smallest absolute Gasteiger partial charge is 0.153 e. The highest BCUT2D eigenvalue weighted by atomic mass is 16.3. The van der Waals surface area contributed by atoms with E-state index in [1.807, 2.05) is 25.4 Å². The van der Waals surface area contributed by atoms with E-state index in [0.717, 1.165) is 46.0 Å². The third kappa shape index (κ3) is 2.38. The molecule has 2 unspecified atom stereocenters. The van der Waals surface area contributed by atoms with E-state index in [0.29, 0.717) is 18.7 Å². The summed E-state index contributed by atoms with van der Waals surface area (Å²) in [6.07, 6.45) is 6.97. The molecular weight excluding hydrogens is 354 g/mol. The standard InChI is InChI=1S/C20H23N7O/c1-19(28)7-3-4-8-20(19,21)18-23-11-14-13(10-22-17(14)24-18)12-5-6-15-16(9-12)27(2)26-25-15/h5-6,9-11,28H,3-4,7-8,21H2,1-2H3,(H,22,23,24). The molecule has 2 atom stereocenters. The van der Waals surface area contributed by atoms with Gasteiger partial charge in [0.2, 0.25) is 0 Å². The van der Waals surface area contributed by atoms with Crippen molar-refractivity contribution < 1.29 is 5.11 Å². The van der Waals surface area contributed by atoms with Crippen LogP contribution in [0.5, 0.6) is 0 Å². The Morgan fingerprint density at radius 1 is 1.25 bits per heavy atom. The maximum atomic E-state index is 10.9. The number of aromatic amines is 1. The van der Waals surface area contributed by atoms with Crippen LogP contribution in [0.3, 0.4) is 0 Å². The fourth-order valence-corrected chi connectivity index (χ4v) is 4.28. The highest BCUT2D eigenvalue weighted by Crippen LogP contribution is 2.41. The van der Waals surface area contributed by atoms with Crippen molar-refractivity contribution in [1.29, 1.82) is 0 Å². The van der Waals surface area contributed by atoms with Crippen molar-refractivity contribution in [2.45, 2.75) is 43.7 Å². The first-order valence-corrected chi connectivity index (χ1v) is 9.55. The molecule has 1 aliphatic rings. The first kappa shape index (κ1) is 17.3. The topological polar surface area (TPSA) is 119 Å². The van der Waals surface area contributed by atoms with Gasteiger partial charge < -0.3 is 15.8 Å². The number of nitrogens with zero attached hydrogens (tertiary/aromatic N) is 5.